The van der Waals surface area contributed by atoms with Crippen LogP contribution < -0.4 is 10.6 Å². The Kier molecular flexibility index (Phi) is 4.83. The van der Waals surface area contributed by atoms with Crippen molar-refractivity contribution in [3.8, 4) is 0 Å². The SMILES string of the molecule is NC(=O)c1cccnc1N1CCC2(CCCN(Cc3ccccc3F)C2)C1. The molecule has 1 aromatic carbocycles. The first-order chi connectivity index (χ1) is 13.1. The van der Waals surface area contributed by atoms with Crippen LogP contribution in [0.3, 0.4) is 0 Å². The highest BCUT2D eigenvalue weighted by Gasteiger charge is 2.42. The van der Waals surface area contributed by atoms with Gasteiger partial charge in [-0.2, -0.15) is 0 Å². The Labute approximate surface area is 159 Å². The van der Waals surface area contributed by atoms with E-state index in [4.69, 9.17) is 5.73 Å². The van der Waals surface area contributed by atoms with Crippen LogP contribution in [-0.2, 0) is 6.54 Å². The molecule has 2 fully saturated rings. The van der Waals surface area contributed by atoms with Gasteiger partial charge in [0.1, 0.15) is 11.6 Å². The summed E-state index contributed by atoms with van der Waals surface area (Å²) < 4.78 is 14.0. The number of primary amides is 1. The lowest BCUT2D eigenvalue weighted by Crippen LogP contribution is -2.44. The summed E-state index contributed by atoms with van der Waals surface area (Å²) >= 11 is 0. The van der Waals surface area contributed by atoms with Crippen molar-refractivity contribution < 1.29 is 9.18 Å². The maximum absolute atomic E-state index is 14.0. The van der Waals surface area contributed by atoms with Crippen LogP contribution in [0, 0.1) is 11.2 Å². The van der Waals surface area contributed by atoms with E-state index in [1.165, 1.54) is 6.07 Å². The van der Waals surface area contributed by atoms with Gasteiger partial charge in [0, 0.05) is 43.4 Å². The van der Waals surface area contributed by atoms with Gasteiger partial charge in [-0.05, 0) is 44.0 Å². The summed E-state index contributed by atoms with van der Waals surface area (Å²) in [5.74, 6) is 0.113. The zero-order valence-corrected chi connectivity index (χ0v) is 15.4. The molecule has 6 heteroatoms. The van der Waals surface area contributed by atoms with Crippen LogP contribution in [0.15, 0.2) is 42.6 Å². The first-order valence-electron chi connectivity index (χ1n) is 9.52. The number of nitrogens with zero attached hydrogens (tertiary/aromatic N) is 3. The van der Waals surface area contributed by atoms with Crippen molar-refractivity contribution in [1.82, 2.24) is 9.88 Å². The number of nitrogens with two attached hydrogens (primary N) is 1. The number of likely N-dealkylation sites (tertiary alicyclic amines) is 1. The molecule has 2 N–H and O–H groups in total. The summed E-state index contributed by atoms with van der Waals surface area (Å²) in [7, 11) is 0. The Morgan fingerprint density at radius 1 is 1.15 bits per heavy atom. The zero-order valence-electron chi connectivity index (χ0n) is 15.4. The molecule has 5 nitrogen and oxygen atoms in total. The highest BCUT2D eigenvalue weighted by molar-refractivity contribution is 5.97. The van der Waals surface area contributed by atoms with Crippen LogP contribution in [0.2, 0.25) is 0 Å². The lowest BCUT2D eigenvalue weighted by molar-refractivity contribution is 0.0978. The second kappa shape index (κ2) is 7.27. The monoisotopic (exact) mass is 368 g/mol. The molecule has 0 bridgehead atoms. The number of halogens is 1. The van der Waals surface area contributed by atoms with Gasteiger partial charge >= 0.3 is 0 Å². The molecule has 2 aliphatic rings. The fourth-order valence-electron chi connectivity index (χ4n) is 4.60. The van der Waals surface area contributed by atoms with E-state index < -0.39 is 5.91 Å². The van der Waals surface area contributed by atoms with Crippen molar-refractivity contribution >= 4 is 11.7 Å². The lowest BCUT2D eigenvalue weighted by Gasteiger charge is -2.40. The molecule has 0 aliphatic carbocycles. The molecule has 3 heterocycles. The summed E-state index contributed by atoms with van der Waals surface area (Å²) in [6.07, 6.45) is 5.01. The van der Waals surface area contributed by atoms with E-state index in [0.29, 0.717) is 17.9 Å². The highest BCUT2D eigenvalue weighted by Crippen LogP contribution is 2.41. The number of carbonyl (C=O) groups excluding carboxylic acids is 1. The standard InChI is InChI=1S/C21H25FN4O/c22-18-7-2-1-5-16(18)13-25-11-4-8-21(14-25)9-12-26(15-21)20-17(19(23)27)6-3-10-24-20/h1-3,5-7,10H,4,8-9,11-15H2,(H2,23,27). The molecule has 1 unspecified atom stereocenters. The number of piperidine rings is 1. The Morgan fingerprint density at radius 3 is 2.81 bits per heavy atom. The molecular weight excluding hydrogens is 343 g/mol. The van der Waals surface area contributed by atoms with Crippen LogP contribution >= 0.6 is 0 Å². The Balaban J connectivity index is 1.48. The number of anilines is 1. The fraction of sp³-hybridized carbons (Fsp3) is 0.429. The number of pyridine rings is 1. The molecular formula is C21H25FN4O. The van der Waals surface area contributed by atoms with Crippen molar-refractivity contribution in [3.63, 3.8) is 0 Å². The molecule has 2 saturated heterocycles. The molecule has 1 spiro atoms. The molecule has 2 aromatic rings. The van der Waals surface area contributed by atoms with E-state index >= 15 is 0 Å². The van der Waals surface area contributed by atoms with Gasteiger partial charge in [-0.1, -0.05) is 18.2 Å². The third kappa shape index (κ3) is 3.67. The van der Waals surface area contributed by atoms with Gasteiger partial charge in [0.05, 0.1) is 5.56 Å². The quantitative estimate of drug-likeness (QED) is 0.901. The van der Waals surface area contributed by atoms with Crippen molar-refractivity contribution in [2.24, 2.45) is 11.1 Å². The van der Waals surface area contributed by atoms with Crippen molar-refractivity contribution in [2.75, 3.05) is 31.1 Å². The van der Waals surface area contributed by atoms with E-state index in [1.54, 1.807) is 24.4 Å². The summed E-state index contributed by atoms with van der Waals surface area (Å²) in [6.45, 7) is 4.30. The number of hydrogen-bond donors (Lipinski definition) is 1. The molecule has 1 aromatic heterocycles. The van der Waals surface area contributed by atoms with Gasteiger partial charge < -0.3 is 10.6 Å². The van der Waals surface area contributed by atoms with Crippen LogP contribution in [0.4, 0.5) is 10.2 Å². The third-order valence-corrected chi connectivity index (χ3v) is 5.88. The normalized spacial score (nSPS) is 23.1. The maximum Gasteiger partial charge on any atom is 0.252 e. The van der Waals surface area contributed by atoms with E-state index in [1.807, 2.05) is 12.1 Å². The number of aromatic nitrogens is 1. The predicted octanol–water partition coefficient (Wildman–Crippen LogP) is 2.81. The van der Waals surface area contributed by atoms with Gasteiger partial charge in [0.2, 0.25) is 0 Å². The smallest absolute Gasteiger partial charge is 0.252 e. The average Bonchev–Trinajstić information content (AvgIpc) is 3.07. The van der Waals surface area contributed by atoms with Crippen molar-refractivity contribution in [3.05, 3.63) is 59.5 Å². The third-order valence-electron chi connectivity index (χ3n) is 5.88. The maximum atomic E-state index is 14.0. The Hall–Kier alpha value is -2.47. The van der Waals surface area contributed by atoms with Gasteiger partial charge in [0.25, 0.3) is 5.91 Å². The number of amides is 1. The first-order valence-corrected chi connectivity index (χ1v) is 9.52. The summed E-state index contributed by atoms with van der Waals surface area (Å²) in [4.78, 5) is 20.7. The number of rotatable bonds is 4. The topological polar surface area (TPSA) is 62.5 Å². The van der Waals surface area contributed by atoms with Crippen LogP contribution in [0.25, 0.3) is 0 Å². The van der Waals surface area contributed by atoms with Crippen molar-refractivity contribution in [2.45, 2.75) is 25.8 Å². The molecule has 1 atom stereocenters. The predicted molar refractivity (Wildman–Crippen MR) is 103 cm³/mol. The molecule has 1 amide bonds. The van der Waals surface area contributed by atoms with Crippen LogP contribution in [0.5, 0.6) is 0 Å². The van der Waals surface area contributed by atoms with Crippen LogP contribution in [0.1, 0.15) is 35.2 Å². The highest BCUT2D eigenvalue weighted by atomic mass is 19.1. The molecule has 142 valence electrons. The lowest BCUT2D eigenvalue weighted by atomic mass is 9.79. The number of hydrogen-bond acceptors (Lipinski definition) is 4. The molecule has 2 aliphatic heterocycles. The Morgan fingerprint density at radius 2 is 2.00 bits per heavy atom. The zero-order chi connectivity index (χ0) is 18.9. The molecule has 27 heavy (non-hydrogen) atoms. The van der Waals surface area contributed by atoms with Crippen LogP contribution in [-0.4, -0.2) is 42.0 Å². The van der Waals surface area contributed by atoms with E-state index in [2.05, 4.69) is 14.8 Å². The van der Waals surface area contributed by atoms with Gasteiger partial charge in [0.15, 0.2) is 0 Å². The Bertz CT molecular complexity index is 842. The second-order valence-electron chi connectivity index (χ2n) is 7.82. The fourth-order valence-corrected chi connectivity index (χ4v) is 4.60. The number of carbonyl (C=O) groups is 1. The van der Waals surface area contributed by atoms with Gasteiger partial charge in [-0.3, -0.25) is 9.69 Å². The average molecular weight is 368 g/mol. The van der Waals surface area contributed by atoms with E-state index in [0.717, 1.165) is 51.0 Å². The van der Waals surface area contributed by atoms with Crippen molar-refractivity contribution in [1.29, 1.82) is 0 Å². The minimum Gasteiger partial charge on any atom is -0.365 e. The largest absolute Gasteiger partial charge is 0.365 e. The summed E-state index contributed by atoms with van der Waals surface area (Å²) in [5, 5.41) is 0. The molecule has 0 radical (unpaired) electrons. The van der Waals surface area contributed by atoms with Gasteiger partial charge in [-0.25, -0.2) is 9.37 Å². The first kappa shape index (κ1) is 17.9. The molecule has 4 rings (SSSR count). The van der Waals surface area contributed by atoms with E-state index in [9.17, 15) is 9.18 Å². The van der Waals surface area contributed by atoms with E-state index in [-0.39, 0.29) is 11.2 Å². The summed E-state index contributed by atoms with van der Waals surface area (Å²) in [6, 6.07) is 10.5. The minimum atomic E-state index is -0.441. The number of benzene rings is 1. The van der Waals surface area contributed by atoms with Gasteiger partial charge in [-0.15, -0.1) is 0 Å². The summed E-state index contributed by atoms with van der Waals surface area (Å²) in [5.41, 5.74) is 6.92. The minimum absolute atomic E-state index is 0.134. The second-order valence-corrected chi connectivity index (χ2v) is 7.82. The molecule has 0 saturated carbocycles.